The molecular weight excluding hydrogens is 435 g/mol. The van der Waals surface area contributed by atoms with E-state index in [1.807, 2.05) is 13.8 Å². The number of rotatable bonds is 6. The van der Waals surface area contributed by atoms with Crippen molar-refractivity contribution in [3.05, 3.63) is 59.6 Å². The van der Waals surface area contributed by atoms with E-state index < -0.39 is 17.9 Å². The summed E-state index contributed by atoms with van der Waals surface area (Å²) in [5.74, 6) is -0.864. The topological polar surface area (TPSA) is 138 Å². The predicted octanol–water partition coefficient (Wildman–Crippen LogP) is 4.41. The number of hydrogen-bond acceptors (Lipinski definition) is 8. The van der Waals surface area contributed by atoms with Crippen LogP contribution in [0.2, 0.25) is 0 Å². The van der Waals surface area contributed by atoms with Gasteiger partial charge in [-0.1, -0.05) is 5.16 Å². The molecule has 0 fully saturated rings. The Morgan fingerprint density at radius 3 is 2.52 bits per heavy atom. The standard InChI is InChI=1S/C23H19FN2O7/c1-11(2)30-18-9-16-19(8-15(18)17-7-14(10-27)33-26-17)31-21(12-3-5-13(24)6-4-12)20(16)22(28)32-23(25)29/h3-9,11,27H,10H2,1-2H3,(H2,25,29). The van der Waals surface area contributed by atoms with Gasteiger partial charge < -0.3 is 29.3 Å². The van der Waals surface area contributed by atoms with E-state index in [1.165, 1.54) is 24.3 Å². The molecule has 2 heterocycles. The minimum atomic E-state index is -1.28. The van der Waals surface area contributed by atoms with Gasteiger partial charge in [-0.3, -0.25) is 0 Å². The van der Waals surface area contributed by atoms with Crippen molar-refractivity contribution >= 4 is 23.0 Å². The summed E-state index contributed by atoms with van der Waals surface area (Å²) in [5.41, 5.74) is 6.43. The predicted molar refractivity (Wildman–Crippen MR) is 114 cm³/mol. The second-order valence-electron chi connectivity index (χ2n) is 7.37. The van der Waals surface area contributed by atoms with Crippen LogP contribution in [-0.4, -0.2) is 28.4 Å². The molecule has 0 aliphatic carbocycles. The summed E-state index contributed by atoms with van der Waals surface area (Å²) in [6.07, 6.45) is -1.52. The Balaban J connectivity index is 1.98. The number of carbonyl (C=O) groups is 2. The van der Waals surface area contributed by atoms with Crippen molar-refractivity contribution in [2.75, 3.05) is 0 Å². The Kier molecular flexibility index (Phi) is 5.84. The number of primary amides is 1. The number of aromatic nitrogens is 1. The summed E-state index contributed by atoms with van der Waals surface area (Å²) in [5, 5.41) is 13.5. The van der Waals surface area contributed by atoms with Crippen LogP contribution in [0.1, 0.15) is 30.0 Å². The number of ether oxygens (including phenoxy) is 2. The van der Waals surface area contributed by atoms with Crippen molar-refractivity contribution in [2.24, 2.45) is 5.73 Å². The summed E-state index contributed by atoms with van der Waals surface area (Å²) in [7, 11) is 0. The highest BCUT2D eigenvalue weighted by atomic mass is 19.1. The van der Waals surface area contributed by atoms with E-state index >= 15 is 0 Å². The number of fused-ring (bicyclic) bond motifs is 1. The van der Waals surface area contributed by atoms with Crippen LogP contribution in [-0.2, 0) is 11.3 Å². The fourth-order valence-corrected chi connectivity index (χ4v) is 3.34. The molecule has 0 radical (unpaired) electrons. The number of benzene rings is 2. The third-order valence-corrected chi connectivity index (χ3v) is 4.65. The SMILES string of the molecule is CC(C)Oc1cc2c(C(=O)OC(N)=O)c(-c3ccc(F)cc3)oc2cc1-c1cc(CO)on1. The van der Waals surface area contributed by atoms with Gasteiger partial charge in [-0.05, 0) is 50.2 Å². The van der Waals surface area contributed by atoms with Crippen molar-refractivity contribution in [3.8, 4) is 28.3 Å². The molecule has 33 heavy (non-hydrogen) atoms. The average Bonchev–Trinajstić information content (AvgIpc) is 3.37. The molecule has 0 aliphatic heterocycles. The number of hydrogen-bond donors (Lipinski definition) is 2. The van der Waals surface area contributed by atoms with Gasteiger partial charge >= 0.3 is 12.1 Å². The van der Waals surface area contributed by atoms with Gasteiger partial charge in [0.15, 0.2) is 5.76 Å². The molecule has 1 amide bonds. The van der Waals surface area contributed by atoms with E-state index in [-0.39, 0.29) is 40.8 Å². The van der Waals surface area contributed by atoms with Gasteiger partial charge in [-0.15, -0.1) is 0 Å². The first-order valence-corrected chi connectivity index (χ1v) is 9.88. The van der Waals surface area contributed by atoms with E-state index in [0.717, 1.165) is 0 Å². The summed E-state index contributed by atoms with van der Waals surface area (Å²) < 4.78 is 35.0. The molecule has 9 nitrogen and oxygen atoms in total. The average molecular weight is 454 g/mol. The zero-order valence-corrected chi connectivity index (χ0v) is 17.6. The molecular formula is C23H19FN2O7. The Morgan fingerprint density at radius 2 is 1.91 bits per heavy atom. The van der Waals surface area contributed by atoms with Crippen molar-refractivity contribution < 1.29 is 37.5 Å². The second-order valence-corrected chi connectivity index (χ2v) is 7.37. The highest BCUT2D eigenvalue weighted by Crippen LogP contribution is 2.41. The number of nitrogens with zero attached hydrogens (tertiary/aromatic N) is 1. The molecule has 0 aliphatic rings. The molecule has 170 valence electrons. The number of esters is 1. The third kappa shape index (κ3) is 4.41. The van der Waals surface area contributed by atoms with Gasteiger partial charge in [0.1, 0.15) is 40.8 Å². The van der Waals surface area contributed by atoms with Crippen LogP contribution in [0, 0.1) is 5.82 Å². The van der Waals surface area contributed by atoms with Gasteiger partial charge in [0, 0.05) is 22.6 Å². The van der Waals surface area contributed by atoms with Crippen molar-refractivity contribution in [1.82, 2.24) is 5.16 Å². The number of nitrogens with two attached hydrogens (primary N) is 1. The molecule has 0 unspecified atom stereocenters. The summed E-state index contributed by atoms with van der Waals surface area (Å²) in [4.78, 5) is 24.0. The van der Waals surface area contributed by atoms with Gasteiger partial charge in [-0.2, -0.15) is 0 Å². The summed E-state index contributed by atoms with van der Waals surface area (Å²) >= 11 is 0. The maximum Gasteiger partial charge on any atom is 0.412 e. The second kappa shape index (κ2) is 8.75. The Hall–Kier alpha value is -4.18. The Bertz CT molecular complexity index is 1340. The van der Waals surface area contributed by atoms with Gasteiger partial charge in [0.2, 0.25) is 0 Å². The molecule has 0 atom stereocenters. The van der Waals surface area contributed by atoms with Crippen LogP contribution in [0.5, 0.6) is 5.75 Å². The highest BCUT2D eigenvalue weighted by molar-refractivity contribution is 6.12. The summed E-state index contributed by atoms with van der Waals surface area (Å²) in [6.45, 7) is 3.29. The fourth-order valence-electron chi connectivity index (χ4n) is 3.34. The highest BCUT2D eigenvalue weighted by Gasteiger charge is 2.27. The summed E-state index contributed by atoms with van der Waals surface area (Å²) in [6, 6.07) is 9.93. The van der Waals surface area contributed by atoms with E-state index in [2.05, 4.69) is 9.89 Å². The molecule has 0 saturated carbocycles. The third-order valence-electron chi connectivity index (χ3n) is 4.65. The van der Waals surface area contributed by atoms with Gasteiger partial charge in [0.25, 0.3) is 0 Å². The number of carbonyl (C=O) groups excluding carboxylic acids is 2. The number of amides is 1. The van der Waals surface area contributed by atoms with E-state index in [0.29, 0.717) is 22.6 Å². The van der Waals surface area contributed by atoms with Gasteiger partial charge in [-0.25, -0.2) is 14.0 Å². The van der Waals surface area contributed by atoms with Crippen LogP contribution in [0.15, 0.2) is 51.4 Å². The lowest BCUT2D eigenvalue weighted by atomic mass is 10.0. The molecule has 0 saturated heterocycles. The van der Waals surface area contributed by atoms with Crippen molar-refractivity contribution in [3.63, 3.8) is 0 Å². The first kappa shape index (κ1) is 22.0. The number of halogens is 1. The van der Waals surface area contributed by atoms with Crippen LogP contribution in [0.3, 0.4) is 0 Å². The molecule has 10 heteroatoms. The first-order chi connectivity index (χ1) is 15.8. The number of furan rings is 1. The Labute approximate surface area is 186 Å². The number of aliphatic hydroxyl groups is 1. The minimum absolute atomic E-state index is 0.0556. The van der Waals surface area contributed by atoms with Crippen LogP contribution < -0.4 is 10.5 Å². The molecule has 0 bridgehead atoms. The lowest BCUT2D eigenvalue weighted by Crippen LogP contribution is -2.18. The maximum absolute atomic E-state index is 13.5. The smallest absolute Gasteiger partial charge is 0.412 e. The van der Waals surface area contributed by atoms with Crippen LogP contribution in [0.4, 0.5) is 9.18 Å². The molecule has 2 aromatic heterocycles. The fraction of sp³-hybridized carbons (Fsp3) is 0.174. The molecule has 0 spiro atoms. The van der Waals surface area contributed by atoms with Gasteiger partial charge in [0.05, 0.1) is 6.10 Å². The number of aliphatic hydroxyl groups excluding tert-OH is 1. The molecule has 2 aromatic carbocycles. The van der Waals surface area contributed by atoms with Crippen molar-refractivity contribution in [1.29, 1.82) is 0 Å². The Morgan fingerprint density at radius 1 is 1.18 bits per heavy atom. The maximum atomic E-state index is 13.5. The first-order valence-electron chi connectivity index (χ1n) is 9.88. The van der Waals surface area contributed by atoms with Crippen LogP contribution >= 0.6 is 0 Å². The molecule has 4 aromatic rings. The minimum Gasteiger partial charge on any atom is -0.490 e. The largest absolute Gasteiger partial charge is 0.490 e. The van der Waals surface area contributed by atoms with E-state index in [4.69, 9.17) is 19.4 Å². The van der Waals surface area contributed by atoms with E-state index in [1.54, 1.807) is 18.2 Å². The van der Waals surface area contributed by atoms with E-state index in [9.17, 15) is 19.1 Å². The lowest BCUT2D eigenvalue weighted by molar-refractivity contribution is 0.0640. The zero-order chi connectivity index (χ0) is 23.7. The van der Waals surface area contributed by atoms with Crippen molar-refractivity contribution in [2.45, 2.75) is 26.6 Å². The zero-order valence-electron chi connectivity index (χ0n) is 17.6. The lowest BCUT2D eigenvalue weighted by Gasteiger charge is -2.13. The monoisotopic (exact) mass is 454 g/mol. The molecule has 3 N–H and O–H groups in total. The molecule has 4 rings (SSSR count). The van der Waals surface area contributed by atoms with Crippen LogP contribution in [0.25, 0.3) is 33.6 Å². The quantitative estimate of drug-likeness (QED) is 0.323. The normalized spacial score (nSPS) is 11.2.